The first-order chi connectivity index (χ1) is 10.2. The Kier molecular flexibility index (Phi) is 4.82. The fourth-order valence-electron chi connectivity index (χ4n) is 2.17. The molecule has 0 saturated carbocycles. The SMILES string of the molecule is COc1cccc(OC)c1C(=O)N[C@H](C)c1ccccc1. The number of nitrogens with one attached hydrogen (secondary N) is 1. The van der Waals surface area contributed by atoms with E-state index >= 15 is 0 Å². The molecule has 0 spiro atoms. The molecule has 4 heteroatoms. The third kappa shape index (κ3) is 3.34. The van der Waals surface area contributed by atoms with Gasteiger partial charge in [-0.3, -0.25) is 4.79 Å². The van der Waals surface area contributed by atoms with E-state index in [1.807, 2.05) is 37.3 Å². The second kappa shape index (κ2) is 6.79. The van der Waals surface area contributed by atoms with Crippen LogP contribution >= 0.6 is 0 Å². The molecule has 2 aromatic carbocycles. The van der Waals surface area contributed by atoms with Gasteiger partial charge in [0.05, 0.1) is 20.3 Å². The Bertz CT molecular complexity index is 588. The van der Waals surface area contributed by atoms with Crippen molar-refractivity contribution >= 4 is 5.91 Å². The van der Waals surface area contributed by atoms with Crippen molar-refractivity contribution in [1.82, 2.24) is 5.32 Å². The van der Waals surface area contributed by atoms with Gasteiger partial charge in [-0.25, -0.2) is 0 Å². The fourth-order valence-corrected chi connectivity index (χ4v) is 2.17. The maximum Gasteiger partial charge on any atom is 0.259 e. The maximum atomic E-state index is 12.5. The van der Waals surface area contributed by atoms with Gasteiger partial charge in [0.25, 0.3) is 5.91 Å². The van der Waals surface area contributed by atoms with E-state index in [1.165, 1.54) is 14.2 Å². The van der Waals surface area contributed by atoms with Crippen molar-refractivity contribution in [2.24, 2.45) is 0 Å². The Morgan fingerprint density at radius 3 is 2.05 bits per heavy atom. The van der Waals surface area contributed by atoms with Crippen LogP contribution in [0, 0.1) is 0 Å². The Morgan fingerprint density at radius 1 is 0.952 bits per heavy atom. The van der Waals surface area contributed by atoms with E-state index in [0.29, 0.717) is 17.1 Å². The van der Waals surface area contributed by atoms with E-state index in [0.717, 1.165) is 5.56 Å². The van der Waals surface area contributed by atoms with Crippen LogP contribution in [-0.4, -0.2) is 20.1 Å². The van der Waals surface area contributed by atoms with Gasteiger partial charge >= 0.3 is 0 Å². The van der Waals surface area contributed by atoms with Crippen LogP contribution in [0.1, 0.15) is 28.9 Å². The number of amides is 1. The second-order valence-electron chi connectivity index (χ2n) is 4.64. The van der Waals surface area contributed by atoms with Crippen LogP contribution in [0.5, 0.6) is 11.5 Å². The van der Waals surface area contributed by atoms with Crippen LogP contribution in [0.25, 0.3) is 0 Å². The molecule has 0 aliphatic rings. The molecule has 21 heavy (non-hydrogen) atoms. The maximum absolute atomic E-state index is 12.5. The zero-order chi connectivity index (χ0) is 15.2. The van der Waals surface area contributed by atoms with Crippen LogP contribution < -0.4 is 14.8 Å². The summed E-state index contributed by atoms with van der Waals surface area (Å²) in [6.45, 7) is 1.94. The van der Waals surface area contributed by atoms with Crippen molar-refractivity contribution in [1.29, 1.82) is 0 Å². The third-order valence-electron chi connectivity index (χ3n) is 3.30. The van der Waals surface area contributed by atoms with E-state index < -0.39 is 0 Å². The van der Waals surface area contributed by atoms with Gasteiger partial charge in [-0.05, 0) is 24.6 Å². The lowest BCUT2D eigenvalue weighted by atomic mass is 10.1. The van der Waals surface area contributed by atoms with Gasteiger partial charge < -0.3 is 14.8 Å². The van der Waals surface area contributed by atoms with E-state index in [1.54, 1.807) is 18.2 Å². The fraction of sp³-hybridized carbons (Fsp3) is 0.235. The lowest BCUT2D eigenvalue weighted by Gasteiger charge is -2.17. The van der Waals surface area contributed by atoms with Crippen LogP contribution in [0.3, 0.4) is 0 Å². The topological polar surface area (TPSA) is 47.6 Å². The summed E-state index contributed by atoms with van der Waals surface area (Å²) >= 11 is 0. The average molecular weight is 285 g/mol. The average Bonchev–Trinajstić information content (AvgIpc) is 2.54. The summed E-state index contributed by atoms with van der Waals surface area (Å²) in [4.78, 5) is 12.5. The molecule has 0 bridgehead atoms. The molecule has 0 heterocycles. The quantitative estimate of drug-likeness (QED) is 0.917. The number of ether oxygens (including phenoxy) is 2. The van der Waals surface area contributed by atoms with Gasteiger partial charge in [0.1, 0.15) is 17.1 Å². The Hall–Kier alpha value is -2.49. The van der Waals surface area contributed by atoms with Crippen molar-refractivity contribution in [2.45, 2.75) is 13.0 Å². The van der Waals surface area contributed by atoms with Crippen molar-refractivity contribution in [3.05, 3.63) is 59.7 Å². The predicted molar refractivity (Wildman–Crippen MR) is 81.9 cm³/mol. The highest BCUT2D eigenvalue weighted by molar-refractivity contribution is 5.99. The van der Waals surface area contributed by atoms with E-state index in [-0.39, 0.29) is 11.9 Å². The van der Waals surface area contributed by atoms with Crippen LogP contribution in [0.15, 0.2) is 48.5 Å². The van der Waals surface area contributed by atoms with E-state index in [4.69, 9.17) is 9.47 Å². The number of hydrogen-bond donors (Lipinski definition) is 1. The molecular weight excluding hydrogens is 266 g/mol. The Labute approximate surface area is 124 Å². The number of rotatable bonds is 5. The summed E-state index contributed by atoms with van der Waals surface area (Å²) in [7, 11) is 3.07. The van der Waals surface area contributed by atoms with Gasteiger partial charge in [0, 0.05) is 0 Å². The predicted octanol–water partition coefficient (Wildman–Crippen LogP) is 3.19. The molecule has 2 rings (SSSR count). The molecule has 0 aliphatic heterocycles. The molecule has 0 radical (unpaired) electrons. The summed E-state index contributed by atoms with van der Waals surface area (Å²) < 4.78 is 10.5. The van der Waals surface area contributed by atoms with Crippen molar-refractivity contribution in [3.8, 4) is 11.5 Å². The molecule has 1 N–H and O–H groups in total. The zero-order valence-electron chi connectivity index (χ0n) is 12.4. The molecule has 0 fully saturated rings. The van der Waals surface area contributed by atoms with Crippen molar-refractivity contribution in [2.75, 3.05) is 14.2 Å². The first-order valence-corrected chi connectivity index (χ1v) is 6.74. The summed E-state index contributed by atoms with van der Waals surface area (Å²) in [5, 5.41) is 2.96. The Morgan fingerprint density at radius 2 is 1.52 bits per heavy atom. The van der Waals surface area contributed by atoms with Crippen LogP contribution in [0.2, 0.25) is 0 Å². The summed E-state index contributed by atoms with van der Waals surface area (Å²) in [6, 6.07) is 15.0. The van der Waals surface area contributed by atoms with Crippen molar-refractivity contribution < 1.29 is 14.3 Å². The molecule has 1 atom stereocenters. The van der Waals surface area contributed by atoms with Crippen LogP contribution in [0.4, 0.5) is 0 Å². The lowest BCUT2D eigenvalue weighted by Crippen LogP contribution is -2.27. The zero-order valence-corrected chi connectivity index (χ0v) is 12.4. The molecular formula is C17H19NO3. The minimum Gasteiger partial charge on any atom is -0.496 e. The monoisotopic (exact) mass is 285 g/mol. The Balaban J connectivity index is 2.25. The molecule has 2 aromatic rings. The first kappa shape index (κ1) is 14.9. The van der Waals surface area contributed by atoms with Gasteiger partial charge in [-0.15, -0.1) is 0 Å². The smallest absolute Gasteiger partial charge is 0.259 e. The standard InChI is InChI=1S/C17H19NO3/c1-12(13-8-5-4-6-9-13)18-17(19)16-14(20-2)10-7-11-15(16)21-3/h4-12H,1-3H3,(H,18,19)/t12-/m1/s1. The highest BCUT2D eigenvalue weighted by Gasteiger charge is 2.20. The largest absolute Gasteiger partial charge is 0.496 e. The summed E-state index contributed by atoms with van der Waals surface area (Å²) in [5.74, 6) is 0.764. The summed E-state index contributed by atoms with van der Waals surface area (Å²) in [6.07, 6.45) is 0. The molecule has 1 amide bonds. The summed E-state index contributed by atoms with van der Waals surface area (Å²) in [5.41, 5.74) is 1.45. The number of benzene rings is 2. The van der Waals surface area contributed by atoms with E-state index in [9.17, 15) is 4.79 Å². The molecule has 0 aliphatic carbocycles. The highest BCUT2D eigenvalue weighted by Crippen LogP contribution is 2.28. The molecule has 0 aromatic heterocycles. The van der Waals surface area contributed by atoms with E-state index in [2.05, 4.69) is 5.32 Å². The molecule has 4 nitrogen and oxygen atoms in total. The number of carbonyl (C=O) groups excluding carboxylic acids is 1. The number of carbonyl (C=O) groups is 1. The molecule has 0 unspecified atom stereocenters. The number of methoxy groups -OCH3 is 2. The first-order valence-electron chi connectivity index (χ1n) is 6.74. The van der Waals surface area contributed by atoms with Crippen molar-refractivity contribution in [3.63, 3.8) is 0 Å². The van der Waals surface area contributed by atoms with Gasteiger partial charge in [-0.1, -0.05) is 36.4 Å². The number of hydrogen-bond acceptors (Lipinski definition) is 3. The minimum absolute atomic E-state index is 0.103. The molecule has 110 valence electrons. The van der Waals surface area contributed by atoms with Crippen LogP contribution in [-0.2, 0) is 0 Å². The third-order valence-corrected chi connectivity index (χ3v) is 3.30. The second-order valence-corrected chi connectivity index (χ2v) is 4.64. The van der Waals surface area contributed by atoms with Gasteiger partial charge in [0.15, 0.2) is 0 Å². The minimum atomic E-state index is -0.222. The highest BCUT2D eigenvalue weighted by atomic mass is 16.5. The van der Waals surface area contributed by atoms with Gasteiger partial charge in [0.2, 0.25) is 0 Å². The molecule has 0 saturated heterocycles. The lowest BCUT2D eigenvalue weighted by molar-refractivity contribution is 0.0933. The van der Waals surface area contributed by atoms with Gasteiger partial charge in [-0.2, -0.15) is 0 Å². The normalized spacial score (nSPS) is 11.6.